The van der Waals surface area contributed by atoms with Crippen molar-refractivity contribution in [1.82, 2.24) is 0 Å². The highest BCUT2D eigenvalue weighted by molar-refractivity contribution is 4.79. The maximum absolute atomic E-state index is 5.65. The van der Waals surface area contributed by atoms with E-state index in [1.165, 1.54) is 12.8 Å². The van der Waals surface area contributed by atoms with E-state index in [0.717, 1.165) is 12.8 Å². The van der Waals surface area contributed by atoms with Crippen LogP contribution in [-0.2, 0) is 0 Å². The molecule has 50 valence electrons. The second-order valence-electron chi connectivity index (χ2n) is 2.61. The summed E-state index contributed by atoms with van der Waals surface area (Å²) < 4.78 is 0. The Bertz CT molecular complexity index is 67.5. The van der Waals surface area contributed by atoms with Gasteiger partial charge in [0.15, 0.2) is 0 Å². The average Bonchev–Trinajstić information content (AvgIpc) is 1.77. The molecule has 2 atom stereocenters. The maximum atomic E-state index is 5.65. The molecule has 1 aliphatic rings. The van der Waals surface area contributed by atoms with E-state index >= 15 is 0 Å². The van der Waals surface area contributed by atoms with Crippen molar-refractivity contribution in [2.24, 2.45) is 11.5 Å². The SMILES string of the molecule is N[C@H]1CCCC[C@@H]1N.[HH]. The standard InChI is InChI=1S/C6H14N2.H2/c7-5-3-1-2-4-6(5)8;/h5-6H,1-4,7-8H2;1H/t5-,6-;/m0./s1. The zero-order valence-electron chi connectivity index (χ0n) is 5.14. The molecule has 0 aliphatic heterocycles. The molecule has 2 nitrogen and oxygen atoms in total. The highest BCUT2D eigenvalue weighted by Gasteiger charge is 2.16. The van der Waals surface area contributed by atoms with Crippen LogP contribution in [0, 0.1) is 0 Å². The lowest BCUT2D eigenvalue weighted by Crippen LogP contribution is -2.43. The molecule has 2 heteroatoms. The van der Waals surface area contributed by atoms with Crippen LogP contribution < -0.4 is 11.5 Å². The van der Waals surface area contributed by atoms with Crippen LogP contribution in [-0.4, -0.2) is 12.1 Å². The Morgan fingerprint density at radius 3 is 1.62 bits per heavy atom. The second kappa shape index (κ2) is 2.46. The zero-order valence-corrected chi connectivity index (χ0v) is 5.14. The van der Waals surface area contributed by atoms with Crippen molar-refractivity contribution in [2.45, 2.75) is 37.8 Å². The van der Waals surface area contributed by atoms with Crippen molar-refractivity contribution in [2.75, 3.05) is 0 Å². The van der Waals surface area contributed by atoms with Crippen molar-refractivity contribution in [3.63, 3.8) is 0 Å². The van der Waals surface area contributed by atoms with Crippen LogP contribution in [0.5, 0.6) is 0 Å². The van der Waals surface area contributed by atoms with Crippen LogP contribution in [0.4, 0.5) is 0 Å². The van der Waals surface area contributed by atoms with E-state index in [9.17, 15) is 0 Å². The average molecular weight is 116 g/mol. The Kier molecular flexibility index (Phi) is 1.86. The largest absolute Gasteiger partial charge is 0.326 e. The molecule has 8 heavy (non-hydrogen) atoms. The summed E-state index contributed by atoms with van der Waals surface area (Å²) in [6.07, 6.45) is 4.80. The van der Waals surface area contributed by atoms with Gasteiger partial charge in [-0.3, -0.25) is 0 Å². The summed E-state index contributed by atoms with van der Waals surface area (Å²) in [7, 11) is 0. The normalized spacial score (nSPS) is 39.8. The van der Waals surface area contributed by atoms with Gasteiger partial charge in [0, 0.05) is 13.5 Å². The van der Waals surface area contributed by atoms with Crippen LogP contribution in [0.25, 0.3) is 0 Å². The van der Waals surface area contributed by atoms with Crippen molar-refractivity contribution in [3.8, 4) is 0 Å². The summed E-state index contributed by atoms with van der Waals surface area (Å²) in [6, 6.07) is 0.562. The van der Waals surface area contributed by atoms with E-state index in [0.29, 0.717) is 0 Å². The molecular weight excluding hydrogens is 100 g/mol. The molecule has 0 heterocycles. The molecule has 0 aromatic heterocycles. The molecule has 0 aromatic carbocycles. The molecule has 0 aromatic rings. The van der Waals surface area contributed by atoms with E-state index in [4.69, 9.17) is 11.5 Å². The third-order valence-electron chi connectivity index (χ3n) is 1.87. The number of hydrogen-bond donors (Lipinski definition) is 2. The molecule has 0 saturated heterocycles. The van der Waals surface area contributed by atoms with Crippen molar-refractivity contribution in [1.29, 1.82) is 0 Å². The van der Waals surface area contributed by atoms with Crippen molar-refractivity contribution < 1.29 is 1.43 Å². The van der Waals surface area contributed by atoms with Crippen LogP contribution >= 0.6 is 0 Å². The lowest BCUT2D eigenvalue weighted by Gasteiger charge is -2.24. The Balaban J connectivity index is 0.000000640. The molecule has 1 aliphatic carbocycles. The summed E-state index contributed by atoms with van der Waals surface area (Å²) in [5.41, 5.74) is 11.3. The van der Waals surface area contributed by atoms with Gasteiger partial charge >= 0.3 is 0 Å². The van der Waals surface area contributed by atoms with E-state index in [1.54, 1.807) is 0 Å². The second-order valence-corrected chi connectivity index (χ2v) is 2.61. The summed E-state index contributed by atoms with van der Waals surface area (Å²) in [6.45, 7) is 0. The molecule has 1 saturated carbocycles. The molecule has 4 N–H and O–H groups in total. The van der Waals surface area contributed by atoms with Crippen molar-refractivity contribution >= 4 is 0 Å². The highest BCUT2D eigenvalue weighted by Crippen LogP contribution is 2.14. The lowest BCUT2D eigenvalue weighted by molar-refractivity contribution is 0.385. The minimum atomic E-state index is 0. The summed E-state index contributed by atoms with van der Waals surface area (Å²) in [4.78, 5) is 0. The number of rotatable bonds is 0. The first-order valence-electron chi connectivity index (χ1n) is 3.32. The summed E-state index contributed by atoms with van der Waals surface area (Å²) in [5.74, 6) is 0. The van der Waals surface area contributed by atoms with Gasteiger partial charge < -0.3 is 11.5 Å². The van der Waals surface area contributed by atoms with E-state index in [2.05, 4.69) is 0 Å². The minimum Gasteiger partial charge on any atom is -0.326 e. The fourth-order valence-electron chi connectivity index (χ4n) is 1.19. The molecule has 1 rings (SSSR count). The van der Waals surface area contributed by atoms with Gasteiger partial charge in [0.05, 0.1) is 0 Å². The molecule has 0 spiro atoms. The Labute approximate surface area is 51.7 Å². The fourth-order valence-corrected chi connectivity index (χ4v) is 1.19. The molecular formula is C6H16N2. The van der Waals surface area contributed by atoms with Gasteiger partial charge in [-0.15, -0.1) is 0 Å². The minimum absolute atomic E-state index is 0. The Morgan fingerprint density at radius 2 is 1.38 bits per heavy atom. The van der Waals surface area contributed by atoms with Gasteiger partial charge in [-0.1, -0.05) is 12.8 Å². The van der Waals surface area contributed by atoms with E-state index in [-0.39, 0.29) is 13.5 Å². The molecule has 1 fully saturated rings. The first-order chi connectivity index (χ1) is 3.80. The zero-order chi connectivity index (χ0) is 5.98. The predicted molar refractivity (Wildman–Crippen MR) is 36.5 cm³/mol. The number of nitrogens with two attached hydrogens (primary N) is 2. The predicted octanol–water partition coefficient (Wildman–Crippen LogP) is 0.461. The maximum Gasteiger partial charge on any atom is 0.0192 e. The summed E-state index contributed by atoms with van der Waals surface area (Å²) in [5, 5.41) is 0. The van der Waals surface area contributed by atoms with Crippen LogP contribution in [0.2, 0.25) is 0 Å². The summed E-state index contributed by atoms with van der Waals surface area (Å²) >= 11 is 0. The molecule has 0 unspecified atom stereocenters. The van der Waals surface area contributed by atoms with Crippen LogP contribution in [0.3, 0.4) is 0 Å². The Hall–Kier alpha value is -0.0800. The van der Waals surface area contributed by atoms with Gasteiger partial charge in [0.1, 0.15) is 0 Å². The van der Waals surface area contributed by atoms with Crippen LogP contribution in [0.1, 0.15) is 27.1 Å². The van der Waals surface area contributed by atoms with Gasteiger partial charge in [-0.2, -0.15) is 0 Å². The monoisotopic (exact) mass is 116 g/mol. The van der Waals surface area contributed by atoms with Gasteiger partial charge in [0.2, 0.25) is 0 Å². The lowest BCUT2D eigenvalue weighted by atomic mass is 9.92. The van der Waals surface area contributed by atoms with Gasteiger partial charge in [0.25, 0.3) is 0 Å². The topological polar surface area (TPSA) is 52.0 Å². The molecule has 0 amide bonds. The highest BCUT2D eigenvalue weighted by atomic mass is 14.8. The van der Waals surface area contributed by atoms with Crippen molar-refractivity contribution in [3.05, 3.63) is 0 Å². The van der Waals surface area contributed by atoms with Gasteiger partial charge in [-0.25, -0.2) is 0 Å². The van der Waals surface area contributed by atoms with E-state index < -0.39 is 0 Å². The van der Waals surface area contributed by atoms with Crippen LogP contribution in [0.15, 0.2) is 0 Å². The quantitative estimate of drug-likeness (QED) is 0.483. The smallest absolute Gasteiger partial charge is 0.0192 e. The van der Waals surface area contributed by atoms with E-state index in [1.807, 2.05) is 0 Å². The third-order valence-corrected chi connectivity index (χ3v) is 1.87. The third kappa shape index (κ3) is 1.20. The Morgan fingerprint density at radius 1 is 1.00 bits per heavy atom. The molecule has 0 radical (unpaired) electrons. The molecule has 0 bridgehead atoms. The fraction of sp³-hybridized carbons (Fsp3) is 1.00. The van der Waals surface area contributed by atoms with Gasteiger partial charge in [-0.05, 0) is 12.8 Å². The first-order valence-corrected chi connectivity index (χ1v) is 3.32. The number of hydrogen-bond acceptors (Lipinski definition) is 2. The first kappa shape index (κ1) is 6.05.